The van der Waals surface area contributed by atoms with Crippen molar-refractivity contribution in [2.75, 3.05) is 0 Å². The largest absolute Gasteiger partial charge is 0.455 e. The van der Waals surface area contributed by atoms with E-state index >= 15 is 0 Å². The van der Waals surface area contributed by atoms with Crippen LogP contribution in [0.5, 0.6) is 0 Å². The summed E-state index contributed by atoms with van der Waals surface area (Å²) in [7, 11) is 0. The molecule has 11 aromatic carbocycles. The third-order valence-corrected chi connectivity index (χ3v) is 16.0. The van der Waals surface area contributed by atoms with Crippen molar-refractivity contribution in [2.45, 2.75) is 0 Å². The van der Waals surface area contributed by atoms with Crippen molar-refractivity contribution in [2.24, 2.45) is 0 Å². The van der Waals surface area contributed by atoms with Crippen molar-refractivity contribution < 1.29 is 8.83 Å². The topological polar surface area (TPSA) is 93.6 Å². The van der Waals surface area contributed by atoms with E-state index < -0.39 is 0 Å². The molecule has 17 rings (SSSR count). The van der Waals surface area contributed by atoms with E-state index in [9.17, 15) is 10.5 Å². The van der Waals surface area contributed by atoms with E-state index in [1.54, 1.807) is 0 Å². The number of hydrogen-bond donors (Lipinski definition) is 0. The van der Waals surface area contributed by atoms with Crippen LogP contribution in [0, 0.1) is 22.7 Å². The standard InChI is InChI=1S/C68H36N6O2/c69-37-49-63(73-55-29-13-5-23-47(55)61-57(73)35-33-45-43-21-7-15-31-59(43)75-67(45)61)50(38-70)65(72-53-27-11-3-19-41(53)42-20-4-12-28-54(42)72)66(64(49)71-51-25-9-1-17-39(51)40-18-2-10-26-52(40)71)74-56-30-14-6-24-48(56)62-58(74)36-34-46-44-22-8-16-32-60(44)76-68(46)62/h1-36H. The molecule has 0 aliphatic carbocycles. The Morgan fingerprint density at radius 1 is 0.250 bits per heavy atom. The molecule has 17 aromatic rings. The van der Waals surface area contributed by atoms with Gasteiger partial charge in [-0.25, -0.2) is 0 Å². The molecule has 0 spiro atoms. The monoisotopic (exact) mass is 968 g/mol. The third-order valence-electron chi connectivity index (χ3n) is 16.0. The first-order chi connectivity index (χ1) is 37.7. The van der Waals surface area contributed by atoms with Gasteiger partial charge in [-0.1, -0.05) is 146 Å². The van der Waals surface area contributed by atoms with Crippen molar-refractivity contribution in [3.63, 3.8) is 0 Å². The van der Waals surface area contributed by atoms with Crippen LogP contribution < -0.4 is 0 Å². The van der Waals surface area contributed by atoms with E-state index in [0.717, 1.165) is 131 Å². The summed E-state index contributed by atoms with van der Waals surface area (Å²) >= 11 is 0. The van der Waals surface area contributed by atoms with Gasteiger partial charge >= 0.3 is 0 Å². The maximum atomic E-state index is 12.6. The molecule has 8 heteroatoms. The van der Waals surface area contributed by atoms with Crippen LogP contribution in [0.25, 0.3) is 154 Å². The van der Waals surface area contributed by atoms with Crippen LogP contribution in [0.15, 0.2) is 227 Å². The molecular weight excluding hydrogens is 933 g/mol. The minimum atomic E-state index is 0.325. The molecule has 350 valence electrons. The van der Waals surface area contributed by atoms with Gasteiger partial charge in [0.15, 0.2) is 0 Å². The summed E-state index contributed by atoms with van der Waals surface area (Å²) in [5, 5.41) is 37.1. The molecule has 76 heavy (non-hydrogen) atoms. The smallest absolute Gasteiger partial charge is 0.145 e. The zero-order valence-corrected chi connectivity index (χ0v) is 40.3. The van der Waals surface area contributed by atoms with E-state index in [2.05, 4.69) is 200 Å². The maximum Gasteiger partial charge on any atom is 0.145 e. The molecule has 0 amide bonds. The minimum Gasteiger partial charge on any atom is -0.455 e. The number of hydrogen-bond acceptors (Lipinski definition) is 4. The molecule has 0 fully saturated rings. The van der Waals surface area contributed by atoms with Crippen LogP contribution in [0.3, 0.4) is 0 Å². The Morgan fingerprint density at radius 2 is 0.539 bits per heavy atom. The summed E-state index contributed by atoms with van der Waals surface area (Å²) in [6, 6.07) is 81.0. The molecule has 0 N–H and O–H groups in total. The predicted molar refractivity (Wildman–Crippen MR) is 308 cm³/mol. The molecule has 0 saturated carbocycles. The van der Waals surface area contributed by atoms with Crippen LogP contribution in [0.4, 0.5) is 0 Å². The summed E-state index contributed by atoms with van der Waals surface area (Å²) in [5.74, 6) is 0. The van der Waals surface area contributed by atoms with Gasteiger partial charge in [0.2, 0.25) is 0 Å². The number of para-hydroxylation sites is 8. The number of fused-ring (bicyclic) bond motifs is 20. The van der Waals surface area contributed by atoms with Gasteiger partial charge < -0.3 is 27.1 Å². The lowest BCUT2D eigenvalue weighted by Crippen LogP contribution is -2.16. The third kappa shape index (κ3) is 5.09. The molecule has 0 aliphatic rings. The van der Waals surface area contributed by atoms with Gasteiger partial charge in [-0.2, -0.15) is 10.5 Å². The Morgan fingerprint density at radius 3 is 0.908 bits per heavy atom. The van der Waals surface area contributed by atoms with E-state index in [4.69, 9.17) is 8.83 Å². The fraction of sp³-hybridized carbons (Fsp3) is 0. The van der Waals surface area contributed by atoms with Gasteiger partial charge in [0.1, 0.15) is 45.6 Å². The lowest BCUT2D eigenvalue weighted by molar-refractivity contribution is 0.672. The van der Waals surface area contributed by atoms with Crippen molar-refractivity contribution in [3.8, 4) is 34.9 Å². The SMILES string of the molecule is N#Cc1c(-n2c3ccccc3c3ccccc32)c(-n2c3ccccc3c3c4oc5ccccc5c4ccc32)c(-n2c3ccccc3c3ccccc32)c(C#N)c1-n1c2ccccc2c2c3oc4ccccc4c3ccc21. The van der Waals surface area contributed by atoms with E-state index in [0.29, 0.717) is 33.9 Å². The molecule has 8 nitrogen and oxygen atoms in total. The average Bonchev–Trinajstić information content (AvgIpc) is 4.42. The number of furan rings is 2. The molecule has 0 unspecified atom stereocenters. The number of nitrogens with zero attached hydrogens (tertiary/aromatic N) is 6. The second-order valence-electron chi connectivity index (χ2n) is 19.7. The lowest BCUT2D eigenvalue weighted by atomic mass is 9.98. The molecule has 6 heterocycles. The van der Waals surface area contributed by atoms with Crippen molar-refractivity contribution in [1.82, 2.24) is 18.3 Å². The minimum absolute atomic E-state index is 0.325. The number of rotatable bonds is 4. The highest BCUT2D eigenvalue weighted by Gasteiger charge is 2.35. The van der Waals surface area contributed by atoms with Gasteiger partial charge in [0.05, 0.1) is 77.7 Å². The zero-order valence-electron chi connectivity index (χ0n) is 40.3. The van der Waals surface area contributed by atoms with Crippen molar-refractivity contribution in [3.05, 3.63) is 230 Å². The fourth-order valence-electron chi connectivity index (χ4n) is 13.1. The first-order valence-electron chi connectivity index (χ1n) is 25.4. The normalized spacial score (nSPS) is 12.2. The second kappa shape index (κ2) is 14.9. The maximum absolute atomic E-state index is 12.6. The Labute approximate surface area is 431 Å². The van der Waals surface area contributed by atoms with E-state index in [-0.39, 0.29) is 0 Å². The Kier molecular flexibility index (Phi) is 7.99. The highest BCUT2D eigenvalue weighted by molar-refractivity contribution is 6.26. The summed E-state index contributed by atoms with van der Waals surface area (Å²) in [6.45, 7) is 0. The van der Waals surface area contributed by atoms with Crippen LogP contribution in [-0.4, -0.2) is 18.3 Å². The Balaban J connectivity index is 1.18. The van der Waals surface area contributed by atoms with Crippen molar-refractivity contribution in [1.29, 1.82) is 10.5 Å². The van der Waals surface area contributed by atoms with Crippen LogP contribution in [0.1, 0.15) is 11.1 Å². The van der Waals surface area contributed by atoms with Gasteiger partial charge in [-0.3, -0.25) is 0 Å². The van der Waals surface area contributed by atoms with Gasteiger partial charge in [-0.05, 0) is 72.8 Å². The molecule has 0 radical (unpaired) electrons. The fourth-order valence-corrected chi connectivity index (χ4v) is 13.1. The summed E-state index contributed by atoms with van der Waals surface area (Å²) in [4.78, 5) is 0. The zero-order chi connectivity index (χ0) is 49.9. The van der Waals surface area contributed by atoms with Gasteiger partial charge in [0.25, 0.3) is 0 Å². The van der Waals surface area contributed by atoms with Gasteiger partial charge in [0, 0.05) is 53.9 Å². The molecule has 6 aromatic heterocycles. The van der Waals surface area contributed by atoms with E-state index in [1.165, 1.54) is 0 Å². The highest BCUT2D eigenvalue weighted by Crippen LogP contribution is 2.51. The molecule has 0 aliphatic heterocycles. The lowest BCUT2D eigenvalue weighted by Gasteiger charge is -2.27. The summed E-state index contributed by atoms with van der Waals surface area (Å²) < 4.78 is 22.7. The molecular formula is C68H36N6O2. The number of aromatic nitrogens is 4. The summed E-state index contributed by atoms with van der Waals surface area (Å²) in [5.41, 5.74) is 13.2. The Hall–Kier alpha value is -10.8. The highest BCUT2D eigenvalue weighted by atomic mass is 16.3. The molecule has 0 bridgehead atoms. The van der Waals surface area contributed by atoms with Crippen LogP contribution in [0.2, 0.25) is 0 Å². The van der Waals surface area contributed by atoms with Gasteiger partial charge in [-0.15, -0.1) is 0 Å². The Bertz CT molecular complexity index is 5260. The van der Waals surface area contributed by atoms with Crippen molar-refractivity contribution >= 4 is 131 Å². The van der Waals surface area contributed by atoms with E-state index in [1.807, 2.05) is 48.5 Å². The molecule has 0 atom stereocenters. The molecule has 0 saturated heterocycles. The number of benzene rings is 11. The second-order valence-corrected chi connectivity index (χ2v) is 19.7. The number of nitriles is 2. The first kappa shape index (κ1) is 40.8. The van der Waals surface area contributed by atoms with Crippen LogP contribution in [-0.2, 0) is 0 Å². The predicted octanol–water partition coefficient (Wildman–Crippen LogP) is 17.6. The quantitative estimate of drug-likeness (QED) is 0.176. The first-order valence-corrected chi connectivity index (χ1v) is 25.4. The summed E-state index contributed by atoms with van der Waals surface area (Å²) in [6.07, 6.45) is 0. The average molecular weight is 969 g/mol. The van der Waals surface area contributed by atoms with Crippen LogP contribution >= 0.6 is 0 Å².